The Labute approximate surface area is 377 Å². The number of carboxylic acid groups (broad SMARTS) is 1. The van der Waals surface area contributed by atoms with Gasteiger partial charge in [-0.3, -0.25) is 23.4 Å². The lowest BCUT2D eigenvalue weighted by atomic mass is 10.0. The number of carbonyl (C=O) groups excluding carboxylic acids is 2. The van der Waals surface area contributed by atoms with Crippen molar-refractivity contribution in [1.29, 1.82) is 0 Å². The second kappa shape index (κ2) is 45.0. The number of hydrogen-bond donors (Lipinski definition) is 3. The molecular weight excluding hydrogens is 806 g/mol. The summed E-state index contributed by atoms with van der Waals surface area (Å²) < 4.78 is 32.8. The molecule has 0 radical (unpaired) electrons. The van der Waals surface area contributed by atoms with Crippen LogP contribution < -0.4 is 5.73 Å². The van der Waals surface area contributed by atoms with Gasteiger partial charge in [-0.05, 0) is 32.1 Å². The number of phosphoric acid groups is 1. The van der Waals surface area contributed by atoms with E-state index >= 15 is 0 Å². The van der Waals surface area contributed by atoms with Crippen LogP contribution in [0.1, 0.15) is 219 Å². The Morgan fingerprint density at radius 3 is 1.35 bits per heavy atom. The summed E-state index contributed by atoms with van der Waals surface area (Å²) in [7, 11) is -4.73. The molecule has 3 atom stereocenters. The molecule has 0 aromatic heterocycles. The summed E-state index contributed by atoms with van der Waals surface area (Å²) in [5.74, 6) is -2.40. The molecule has 62 heavy (non-hydrogen) atoms. The first-order valence-corrected chi connectivity index (χ1v) is 26.2. The second-order valence-corrected chi connectivity index (χ2v) is 18.1. The van der Waals surface area contributed by atoms with Crippen molar-refractivity contribution in [1.82, 2.24) is 0 Å². The summed E-state index contributed by atoms with van der Waals surface area (Å²) in [6.07, 6.45) is 51.8. The average molecular weight is 896 g/mol. The number of nitrogens with two attached hydrogens (primary N) is 1. The quantitative estimate of drug-likeness (QED) is 0.0230. The molecule has 0 aliphatic heterocycles. The van der Waals surface area contributed by atoms with E-state index in [1.54, 1.807) is 0 Å². The second-order valence-electron chi connectivity index (χ2n) is 16.7. The minimum Gasteiger partial charge on any atom is -0.480 e. The molecule has 4 N–H and O–H groups in total. The summed E-state index contributed by atoms with van der Waals surface area (Å²) >= 11 is 0. The molecule has 0 rings (SSSR count). The van der Waals surface area contributed by atoms with E-state index in [1.807, 2.05) is 36.5 Å². The molecule has 0 heterocycles. The van der Waals surface area contributed by atoms with Gasteiger partial charge in [-0.15, -0.1) is 0 Å². The first-order valence-electron chi connectivity index (χ1n) is 24.7. The molecule has 0 aliphatic rings. The van der Waals surface area contributed by atoms with E-state index in [2.05, 4.69) is 30.5 Å². The van der Waals surface area contributed by atoms with Gasteiger partial charge in [0.05, 0.1) is 13.2 Å². The summed E-state index contributed by atoms with van der Waals surface area (Å²) in [6, 6.07) is -1.53. The van der Waals surface area contributed by atoms with E-state index in [-0.39, 0.29) is 19.4 Å². The van der Waals surface area contributed by atoms with Gasteiger partial charge in [-0.2, -0.15) is 0 Å². The van der Waals surface area contributed by atoms with E-state index in [4.69, 9.17) is 24.8 Å². The number of carbonyl (C=O) groups is 3. The van der Waals surface area contributed by atoms with Crippen LogP contribution in [0.15, 0.2) is 48.6 Å². The van der Waals surface area contributed by atoms with E-state index in [9.17, 15) is 23.8 Å². The molecule has 12 heteroatoms. The number of aliphatic carboxylic acids is 1. The third-order valence-electron chi connectivity index (χ3n) is 10.7. The van der Waals surface area contributed by atoms with Gasteiger partial charge >= 0.3 is 25.7 Å². The molecule has 0 saturated carbocycles. The summed E-state index contributed by atoms with van der Waals surface area (Å²) in [5.41, 5.74) is 5.34. The van der Waals surface area contributed by atoms with E-state index in [0.29, 0.717) is 12.8 Å². The third kappa shape index (κ3) is 44.1. The van der Waals surface area contributed by atoms with Crippen molar-refractivity contribution in [3.8, 4) is 0 Å². The third-order valence-corrected chi connectivity index (χ3v) is 11.6. The van der Waals surface area contributed by atoms with Crippen LogP contribution in [0.4, 0.5) is 0 Å². The fourth-order valence-corrected chi connectivity index (χ4v) is 7.62. The fraction of sp³-hybridized carbons (Fsp3) is 0.780. The van der Waals surface area contributed by atoms with Gasteiger partial charge in [0.1, 0.15) is 12.6 Å². The lowest BCUT2D eigenvalue weighted by Crippen LogP contribution is -2.34. The first-order chi connectivity index (χ1) is 30.1. The van der Waals surface area contributed by atoms with Crippen LogP contribution in [-0.4, -0.2) is 59.9 Å². The predicted octanol–water partition coefficient (Wildman–Crippen LogP) is 13.7. The monoisotopic (exact) mass is 896 g/mol. The van der Waals surface area contributed by atoms with Crippen LogP contribution in [-0.2, 0) is 37.5 Å². The standard InChI is InChI=1S/C50H90NO10P/c1-3-5-7-9-11-13-15-17-19-20-21-22-23-24-25-26-28-30-32-34-36-38-40-42-49(53)61-46(44-59-62(56,57)60-45-47(51)50(54)55)43-58-48(52)41-39-37-35-33-31-29-27-18-16-14-12-10-8-6-4-2/h6,8,10,12,14,16,18,27,46-47H,3-5,7,9,11,13,15,17,19-26,28-45,51H2,1-2H3,(H,54,55)(H,56,57)/b8-6+,12-10+,16-14+,27-18+/t46-,47-/m0/s1. The number of ether oxygens (including phenoxy) is 2. The van der Waals surface area contributed by atoms with Crippen LogP contribution in [0.2, 0.25) is 0 Å². The maximum absolute atomic E-state index is 12.7. The summed E-state index contributed by atoms with van der Waals surface area (Å²) in [6.45, 7) is 2.67. The number of rotatable bonds is 46. The van der Waals surface area contributed by atoms with E-state index in [0.717, 1.165) is 57.8 Å². The van der Waals surface area contributed by atoms with Gasteiger partial charge in [0.2, 0.25) is 0 Å². The zero-order valence-electron chi connectivity index (χ0n) is 39.2. The minimum atomic E-state index is -4.73. The average Bonchev–Trinajstić information content (AvgIpc) is 3.25. The number of allylic oxidation sites excluding steroid dienone is 8. The molecule has 1 unspecified atom stereocenters. The van der Waals surface area contributed by atoms with Crippen molar-refractivity contribution in [3.05, 3.63) is 48.6 Å². The number of hydrogen-bond acceptors (Lipinski definition) is 9. The number of unbranched alkanes of at least 4 members (excludes halogenated alkanes) is 27. The summed E-state index contributed by atoms with van der Waals surface area (Å²) in [5, 5.41) is 8.91. The molecule has 0 bridgehead atoms. The lowest BCUT2D eigenvalue weighted by molar-refractivity contribution is -0.161. The Hall–Kier alpha value is -2.56. The molecule has 360 valence electrons. The summed E-state index contributed by atoms with van der Waals surface area (Å²) in [4.78, 5) is 46.1. The van der Waals surface area contributed by atoms with E-state index < -0.39 is 51.1 Å². The molecular formula is C50H90NO10P. The molecule has 0 aliphatic carbocycles. The highest BCUT2D eigenvalue weighted by atomic mass is 31.2. The molecule has 0 spiro atoms. The Morgan fingerprint density at radius 1 is 0.516 bits per heavy atom. The molecule has 0 aromatic rings. The number of phosphoric ester groups is 1. The maximum atomic E-state index is 12.7. The van der Waals surface area contributed by atoms with Crippen molar-refractivity contribution in [2.45, 2.75) is 231 Å². The first kappa shape index (κ1) is 59.4. The van der Waals surface area contributed by atoms with Gasteiger partial charge in [0.25, 0.3) is 0 Å². The maximum Gasteiger partial charge on any atom is 0.472 e. The zero-order valence-corrected chi connectivity index (χ0v) is 40.1. The minimum absolute atomic E-state index is 0.158. The highest BCUT2D eigenvalue weighted by molar-refractivity contribution is 7.47. The normalized spacial score (nSPS) is 14.0. The highest BCUT2D eigenvalue weighted by Crippen LogP contribution is 2.43. The fourth-order valence-electron chi connectivity index (χ4n) is 6.84. The Balaban J connectivity index is 4.23. The Kier molecular flexibility index (Phi) is 43.2. The highest BCUT2D eigenvalue weighted by Gasteiger charge is 2.28. The van der Waals surface area contributed by atoms with Crippen LogP contribution in [0, 0.1) is 0 Å². The van der Waals surface area contributed by atoms with Gasteiger partial charge in [0.15, 0.2) is 6.10 Å². The smallest absolute Gasteiger partial charge is 0.472 e. The SMILES string of the molecule is CC/C=C/C=C/C=C/C=C/CCCCCCCC(=O)OC[C@@H](COP(=O)(O)OC[C@H](N)C(=O)O)OC(=O)CCCCCCCCCCCCCCCCCCCCCCCCC. The van der Waals surface area contributed by atoms with Crippen molar-refractivity contribution in [3.63, 3.8) is 0 Å². The van der Waals surface area contributed by atoms with Crippen LogP contribution >= 0.6 is 7.82 Å². The molecule has 0 saturated heterocycles. The largest absolute Gasteiger partial charge is 0.480 e. The van der Waals surface area contributed by atoms with Gasteiger partial charge in [0, 0.05) is 12.8 Å². The molecule has 11 nitrogen and oxygen atoms in total. The van der Waals surface area contributed by atoms with E-state index in [1.165, 1.54) is 122 Å². The van der Waals surface area contributed by atoms with Crippen molar-refractivity contribution in [2.24, 2.45) is 5.73 Å². The lowest BCUT2D eigenvalue weighted by Gasteiger charge is -2.20. The van der Waals surface area contributed by atoms with Crippen molar-refractivity contribution < 1.29 is 47.5 Å². The number of esters is 2. The molecule has 0 aromatic carbocycles. The van der Waals surface area contributed by atoms with Crippen molar-refractivity contribution in [2.75, 3.05) is 19.8 Å². The zero-order chi connectivity index (χ0) is 45.6. The molecule has 0 amide bonds. The Morgan fingerprint density at radius 2 is 0.903 bits per heavy atom. The number of carboxylic acids is 1. The van der Waals surface area contributed by atoms with Gasteiger partial charge in [-0.1, -0.05) is 223 Å². The van der Waals surface area contributed by atoms with Crippen LogP contribution in [0.3, 0.4) is 0 Å². The van der Waals surface area contributed by atoms with Gasteiger partial charge in [-0.25, -0.2) is 4.57 Å². The Bertz CT molecular complexity index is 1240. The predicted molar refractivity (Wildman–Crippen MR) is 254 cm³/mol. The van der Waals surface area contributed by atoms with Gasteiger partial charge < -0.3 is 25.2 Å². The van der Waals surface area contributed by atoms with Crippen molar-refractivity contribution >= 4 is 25.7 Å². The van der Waals surface area contributed by atoms with Crippen LogP contribution in [0.5, 0.6) is 0 Å². The van der Waals surface area contributed by atoms with Crippen LogP contribution in [0.25, 0.3) is 0 Å². The molecule has 0 fully saturated rings. The topological polar surface area (TPSA) is 172 Å².